The van der Waals surface area contributed by atoms with Crippen LogP contribution in [-0.4, -0.2) is 56.8 Å². The van der Waals surface area contributed by atoms with Crippen LogP contribution in [0.3, 0.4) is 0 Å². The van der Waals surface area contributed by atoms with Gasteiger partial charge >= 0.3 is 0 Å². The second kappa shape index (κ2) is 5.48. The molecule has 12 heavy (non-hydrogen) atoms. The fourth-order valence-corrected chi connectivity index (χ4v) is 0.730. The van der Waals surface area contributed by atoms with E-state index in [4.69, 9.17) is 10.2 Å². The van der Waals surface area contributed by atoms with Gasteiger partial charge in [0, 0.05) is 7.11 Å². The highest BCUT2D eigenvalue weighted by Crippen LogP contribution is 2.14. The van der Waals surface area contributed by atoms with Crippen molar-refractivity contribution in [1.82, 2.24) is 0 Å². The molecule has 72 valence electrons. The number of halogens is 1. The Bertz CT molecular complexity index is 126. The van der Waals surface area contributed by atoms with Gasteiger partial charge in [0.25, 0.3) is 5.85 Å². The van der Waals surface area contributed by atoms with E-state index in [2.05, 4.69) is 9.47 Å². The molecule has 0 fully saturated rings. The summed E-state index contributed by atoms with van der Waals surface area (Å²) in [6, 6.07) is -0.655. The molecule has 0 saturated carbocycles. The third-order valence-electron chi connectivity index (χ3n) is 1.27. The highest BCUT2D eigenvalue weighted by atomic mass is 19.2. The lowest BCUT2D eigenvalue weighted by atomic mass is 10.0. The largest absolute Gasteiger partial charge is 0.394 e. The minimum atomic E-state index is -2.21. The minimum absolute atomic E-state index is 0.296. The zero-order valence-electron chi connectivity index (χ0n) is 7.29. The van der Waals surface area contributed by atoms with Gasteiger partial charge in [0.15, 0.2) is 0 Å². The lowest BCUT2D eigenvalue weighted by Gasteiger charge is -2.25. The van der Waals surface area contributed by atoms with Gasteiger partial charge in [-0.05, 0) is 0 Å². The van der Waals surface area contributed by atoms with Crippen molar-refractivity contribution in [2.45, 2.75) is 11.9 Å². The number of ether oxygens (including phenoxy) is 2. The maximum Gasteiger partial charge on any atom is 0.255 e. The Hall–Kier alpha value is -0.165. The number of alkyl halides is 1. The Morgan fingerprint density at radius 2 is 2.17 bits per heavy atom. The first-order chi connectivity index (χ1) is 5.58. The van der Waals surface area contributed by atoms with Crippen LogP contribution in [0.2, 0.25) is 0 Å². The first kappa shape index (κ1) is 11.8. The van der Waals surface area contributed by atoms with E-state index in [0.717, 1.165) is 0 Å². The molecule has 2 atom stereocenters. The molecule has 0 amide bonds. The molecule has 0 aliphatic carbocycles. The third-order valence-corrected chi connectivity index (χ3v) is 1.27. The van der Waals surface area contributed by atoms with Crippen molar-refractivity contribution in [3.05, 3.63) is 0 Å². The maximum absolute atomic E-state index is 13.3. The van der Waals surface area contributed by atoms with E-state index in [9.17, 15) is 4.39 Å². The van der Waals surface area contributed by atoms with Crippen LogP contribution in [-0.2, 0) is 9.47 Å². The highest BCUT2D eigenvalue weighted by molar-refractivity contribution is 6.11. The smallest absolute Gasteiger partial charge is 0.255 e. The van der Waals surface area contributed by atoms with E-state index < -0.39 is 18.5 Å². The van der Waals surface area contributed by atoms with Crippen LogP contribution in [0.1, 0.15) is 0 Å². The lowest BCUT2D eigenvalue weighted by molar-refractivity contribution is -0.211. The van der Waals surface area contributed by atoms with Gasteiger partial charge in [0.1, 0.15) is 21.1 Å². The Labute approximate surface area is 71.7 Å². The molecule has 4 nitrogen and oxygen atoms in total. The minimum Gasteiger partial charge on any atom is -0.394 e. The Morgan fingerprint density at radius 3 is 2.50 bits per heavy atom. The van der Waals surface area contributed by atoms with Crippen LogP contribution in [0.25, 0.3) is 0 Å². The molecule has 0 heterocycles. The van der Waals surface area contributed by atoms with Crippen LogP contribution in [0.4, 0.5) is 4.39 Å². The van der Waals surface area contributed by atoms with Crippen LogP contribution >= 0.6 is 0 Å². The summed E-state index contributed by atoms with van der Waals surface area (Å²) in [5, 5.41) is 17.1. The van der Waals surface area contributed by atoms with Gasteiger partial charge in [0.05, 0.1) is 12.6 Å². The van der Waals surface area contributed by atoms with Crippen molar-refractivity contribution in [2.24, 2.45) is 0 Å². The summed E-state index contributed by atoms with van der Waals surface area (Å²) in [6.45, 7) is -1.44. The molecule has 0 aromatic rings. The van der Waals surface area contributed by atoms with Crippen molar-refractivity contribution in [1.29, 1.82) is 0 Å². The molecule has 0 spiro atoms. The molecular formula is C6H14BFO4. The predicted molar refractivity (Wildman–Crippen MR) is 43.3 cm³/mol. The molecule has 6 heteroatoms. The van der Waals surface area contributed by atoms with Crippen LogP contribution in [0, 0.1) is 0 Å². The monoisotopic (exact) mass is 180 g/mol. The molecule has 0 unspecified atom stereocenters. The highest BCUT2D eigenvalue weighted by Gasteiger charge is 2.31. The van der Waals surface area contributed by atoms with Gasteiger partial charge in [0.2, 0.25) is 0 Å². The van der Waals surface area contributed by atoms with E-state index in [1.54, 1.807) is 0 Å². The van der Waals surface area contributed by atoms with Crippen molar-refractivity contribution < 1.29 is 24.1 Å². The van der Waals surface area contributed by atoms with Crippen LogP contribution in [0.5, 0.6) is 0 Å². The SMILES string of the molecule is B[C@@H](CO)O[C@](F)(CO)COC. The number of rotatable bonds is 6. The summed E-state index contributed by atoms with van der Waals surface area (Å²) >= 11 is 0. The molecule has 0 aromatic carbocycles. The Morgan fingerprint density at radius 1 is 1.58 bits per heavy atom. The zero-order valence-corrected chi connectivity index (χ0v) is 7.29. The summed E-state index contributed by atoms with van der Waals surface area (Å²) in [4.78, 5) is 0. The average Bonchev–Trinajstić information content (AvgIpc) is 2.05. The van der Waals surface area contributed by atoms with Crippen molar-refractivity contribution in [3.63, 3.8) is 0 Å². The number of hydrogen-bond donors (Lipinski definition) is 2. The average molecular weight is 180 g/mol. The fraction of sp³-hybridized carbons (Fsp3) is 1.00. The van der Waals surface area contributed by atoms with Gasteiger partial charge in [-0.2, -0.15) is 0 Å². The standard InChI is InChI=1S/C6H14BFO4/c1-11-4-6(8,3-10)12-5(7)2-9/h5,9-10H,2-4,7H2,1H3/t5-,6-/m1/s1. The summed E-state index contributed by atoms with van der Waals surface area (Å²) in [5.41, 5.74) is 0. The molecule has 2 N–H and O–H groups in total. The van der Waals surface area contributed by atoms with Gasteiger partial charge in [-0.15, -0.1) is 0 Å². The van der Waals surface area contributed by atoms with Crippen molar-refractivity contribution >= 4 is 7.85 Å². The second-order valence-corrected chi connectivity index (χ2v) is 2.59. The maximum atomic E-state index is 13.3. The molecule has 0 aliphatic heterocycles. The predicted octanol–water partition coefficient (Wildman–Crippen LogP) is -1.74. The van der Waals surface area contributed by atoms with Gasteiger partial charge in [-0.25, -0.2) is 4.39 Å². The van der Waals surface area contributed by atoms with E-state index in [0.29, 0.717) is 0 Å². The molecule has 0 rings (SSSR count). The first-order valence-electron chi connectivity index (χ1n) is 3.65. The van der Waals surface area contributed by atoms with E-state index in [-0.39, 0.29) is 13.2 Å². The Balaban J connectivity index is 3.94. The summed E-state index contributed by atoms with van der Waals surface area (Å²) in [7, 11) is 2.80. The molecular weight excluding hydrogens is 166 g/mol. The Kier molecular flexibility index (Phi) is 5.40. The number of hydrogen-bond acceptors (Lipinski definition) is 4. The third kappa shape index (κ3) is 4.01. The van der Waals surface area contributed by atoms with E-state index in [1.165, 1.54) is 15.0 Å². The number of methoxy groups -OCH3 is 1. The van der Waals surface area contributed by atoms with Crippen molar-refractivity contribution in [2.75, 3.05) is 26.9 Å². The van der Waals surface area contributed by atoms with E-state index >= 15 is 0 Å². The van der Waals surface area contributed by atoms with Crippen LogP contribution < -0.4 is 0 Å². The number of aliphatic hydroxyl groups is 2. The molecule has 0 bridgehead atoms. The fourth-order valence-electron chi connectivity index (χ4n) is 0.730. The molecule has 0 saturated heterocycles. The molecule has 0 aromatic heterocycles. The molecule has 0 radical (unpaired) electrons. The molecule has 0 aliphatic rings. The second-order valence-electron chi connectivity index (χ2n) is 2.59. The van der Waals surface area contributed by atoms with Gasteiger partial charge in [-0.1, -0.05) is 0 Å². The van der Waals surface area contributed by atoms with Crippen LogP contribution in [0.15, 0.2) is 0 Å². The summed E-state index contributed by atoms with van der Waals surface area (Å²) in [6.07, 6.45) is 0. The van der Waals surface area contributed by atoms with Gasteiger partial charge in [-0.3, -0.25) is 0 Å². The number of aliphatic hydroxyl groups excluding tert-OH is 2. The van der Waals surface area contributed by atoms with E-state index in [1.807, 2.05) is 0 Å². The summed E-state index contributed by atoms with van der Waals surface area (Å²) < 4.78 is 22.4. The first-order valence-corrected chi connectivity index (χ1v) is 3.65. The van der Waals surface area contributed by atoms with Gasteiger partial charge < -0.3 is 19.7 Å². The normalized spacial score (nSPS) is 18.7. The lowest BCUT2D eigenvalue weighted by Crippen LogP contribution is -2.41. The topological polar surface area (TPSA) is 58.9 Å². The quantitative estimate of drug-likeness (QED) is 0.476. The van der Waals surface area contributed by atoms with Crippen molar-refractivity contribution in [3.8, 4) is 0 Å². The summed E-state index contributed by atoms with van der Waals surface area (Å²) in [5.74, 6) is -2.21. The zero-order chi connectivity index (χ0) is 9.61.